The van der Waals surface area contributed by atoms with Crippen LogP contribution in [0.1, 0.15) is 57.6 Å². The smallest absolute Gasteiger partial charge is 0.139 e. The van der Waals surface area contributed by atoms with E-state index in [4.69, 9.17) is 21.1 Å². The van der Waals surface area contributed by atoms with Crippen molar-refractivity contribution in [2.24, 2.45) is 0 Å². The van der Waals surface area contributed by atoms with Gasteiger partial charge in [0.2, 0.25) is 0 Å². The first kappa shape index (κ1) is 30.2. The van der Waals surface area contributed by atoms with Gasteiger partial charge in [0.25, 0.3) is 0 Å². The molecule has 0 saturated heterocycles. The molecule has 0 spiro atoms. The number of hydrogen-bond donors (Lipinski definition) is 0. The molecule has 0 radical (unpaired) electrons. The number of benzene rings is 4. The fourth-order valence-electron chi connectivity index (χ4n) is 4.89. The van der Waals surface area contributed by atoms with Gasteiger partial charge in [-0.05, 0) is 89.6 Å². The second-order valence-corrected chi connectivity index (χ2v) is 11.0. The van der Waals surface area contributed by atoms with Crippen LogP contribution in [-0.4, -0.2) is 5.88 Å². The predicted molar refractivity (Wildman–Crippen MR) is 176 cm³/mol. The largest absolute Gasteiger partial charge is 0.456 e. The molecule has 4 aromatic rings. The number of fused-ring (bicyclic) bond motifs is 1. The Bertz CT molecular complexity index is 1510. The lowest BCUT2D eigenvalue weighted by Gasteiger charge is -2.20. The predicted octanol–water partition coefficient (Wildman–Crippen LogP) is 11.9. The minimum absolute atomic E-state index is 0.613. The van der Waals surface area contributed by atoms with Crippen LogP contribution in [0.25, 0.3) is 10.8 Å². The minimum Gasteiger partial charge on any atom is -0.456 e. The van der Waals surface area contributed by atoms with Crippen LogP contribution in [0.2, 0.25) is 0 Å². The van der Waals surface area contributed by atoms with Crippen LogP contribution in [-0.2, 0) is 6.42 Å². The van der Waals surface area contributed by atoms with Crippen molar-refractivity contribution in [3.8, 4) is 23.0 Å². The molecule has 0 heterocycles. The third-order valence-corrected chi connectivity index (χ3v) is 7.76. The summed E-state index contributed by atoms with van der Waals surface area (Å²) in [4.78, 5) is 0. The van der Waals surface area contributed by atoms with Gasteiger partial charge in [-0.3, -0.25) is 0 Å². The van der Waals surface area contributed by atoms with Crippen molar-refractivity contribution < 1.29 is 9.47 Å². The number of allylic oxidation sites excluding steroid dienone is 6. The summed E-state index contributed by atoms with van der Waals surface area (Å²) in [6, 6.07) is 28.4. The molecule has 3 heteroatoms. The molecule has 0 aliphatic rings. The molecule has 0 unspecified atom stereocenters. The Labute approximate surface area is 251 Å². The number of halogens is 1. The Morgan fingerprint density at radius 3 is 1.63 bits per heavy atom. The van der Waals surface area contributed by atoms with Crippen molar-refractivity contribution >= 4 is 22.4 Å². The molecule has 0 aliphatic carbocycles. The van der Waals surface area contributed by atoms with E-state index in [1.54, 1.807) is 0 Å². The highest BCUT2D eigenvalue weighted by Gasteiger charge is 2.20. The third kappa shape index (κ3) is 8.62. The van der Waals surface area contributed by atoms with E-state index in [1.807, 2.05) is 60.7 Å². The summed E-state index contributed by atoms with van der Waals surface area (Å²) in [6.45, 7) is 8.69. The maximum Gasteiger partial charge on any atom is 0.139 e. The Morgan fingerprint density at radius 1 is 0.610 bits per heavy atom. The van der Waals surface area contributed by atoms with Crippen molar-refractivity contribution in [2.45, 2.75) is 59.8 Å². The van der Waals surface area contributed by atoms with E-state index >= 15 is 0 Å². The zero-order valence-electron chi connectivity index (χ0n) is 24.8. The normalized spacial score (nSPS) is 12.6. The first-order valence-electron chi connectivity index (χ1n) is 14.5. The number of hydrogen-bond acceptors (Lipinski definition) is 2. The molecule has 0 fully saturated rings. The van der Waals surface area contributed by atoms with Crippen LogP contribution >= 0.6 is 11.6 Å². The minimum atomic E-state index is 0.613. The van der Waals surface area contributed by atoms with Gasteiger partial charge < -0.3 is 9.47 Å². The molecule has 0 aliphatic heterocycles. The van der Waals surface area contributed by atoms with Crippen LogP contribution in [0.5, 0.6) is 23.0 Å². The van der Waals surface area contributed by atoms with Gasteiger partial charge in [-0.2, -0.15) is 0 Å². The molecule has 0 N–H and O–H groups in total. The van der Waals surface area contributed by atoms with Gasteiger partial charge in [0.1, 0.15) is 23.0 Å². The van der Waals surface area contributed by atoms with E-state index in [-0.39, 0.29) is 0 Å². The summed E-state index contributed by atoms with van der Waals surface area (Å²) < 4.78 is 13.1. The SMILES string of the molecule is C/C(=C\CC/C(C)=C/CC/C(C)=C/Cc1c(C)c(Oc2ccccc2)c2ccccc2c1Oc1ccccc1)CCl. The van der Waals surface area contributed by atoms with Gasteiger partial charge in [0.15, 0.2) is 0 Å². The standard InChI is InChI=1S/C38H41ClO2/c1-28(16-14-18-30(3)27-39)15-13-17-29(2)25-26-34-31(4)37(40-32-19-7-5-8-20-32)35-23-11-12-24-36(35)38(34)41-33-21-9-6-10-22-33/h5-12,15,18-25H,13-14,16-17,26-27H2,1-4H3/b28-15+,29-25+,30-18+. The van der Waals surface area contributed by atoms with Gasteiger partial charge in [-0.15, -0.1) is 11.6 Å². The molecule has 0 atom stereocenters. The van der Waals surface area contributed by atoms with Crippen molar-refractivity contribution in [1.82, 2.24) is 0 Å². The van der Waals surface area contributed by atoms with E-state index in [2.05, 4.69) is 70.2 Å². The van der Waals surface area contributed by atoms with Gasteiger partial charge in [0.05, 0.1) is 0 Å². The van der Waals surface area contributed by atoms with E-state index in [1.165, 1.54) is 16.7 Å². The van der Waals surface area contributed by atoms with Crippen LogP contribution in [0.3, 0.4) is 0 Å². The molecule has 41 heavy (non-hydrogen) atoms. The number of alkyl halides is 1. The Hall–Kier alpha value is -3.75. The maximum absolute atomic E-state index is 6.61. The topological polar surface area (TPSA) is 18.5 Å². The zero-order chi connectivity index (χ0) is 29.0. The lowest BCUT2D eigenvalue weighted by Crippen LogP contribution is -2.00. The second-order valence-electron chi connectivity index (χ2n) is 10.7. The van der Waals surface area contributed by atoms with Crippen LogP contribution in [0.4, 0.5) is 0 Å². The zero-order valence-corrected chi connectivity index (χ0v) is 25.5. The molecular weight excluding hydrogens is 524 g/mol. The highest BCUT2D eigenvalue weighted by molar-refractivity contribution is 6.19. The monoisotopic (exact) mass is 564 g/mol. The summed E-state index contributed by atoms with van der Waals surface area (Å²) in [6.07, 6.45) is 11.9. The average molecular weight is 565 g/mol. The summed E-state index contributed by atoms with van der Waals surface area (Å²) in [5, 5.41) is 2.09. The van der Waals surface area contributed by atoms with Crippen molar-refractivity contribution in [1.29, 1.82) is 0 Å². The lowest BCUT2D eigenvalue weighted by molar-refractivity contribution is 0.470. The molecule has 212 valence electrons. The first-order valence-corrected chi connectivity index (χ1v) is 15.0. The van der Waals surface area contributed by atoms with E-state index < -0.39 is 0 Å². The molecule has 4 aromatic carbocycles. The fourth-order valence-corrected chi connectivity index (χ4v) is 4.99. The van der Waals surface area contributed by atoms with Crippen LogP contribution in [0.15, 0.2) is 120 Å². The molecule has 4 rings (SSSR count). The Balaban J connectivity index is 1.62. The van der Waals surface area contributed by atoms with Crippen LogP contribution < -0.4 is 9.47 Å². The van der Waals surface area contributed by atoms with Crippen molar-refractivity contribution in [2.75, 3.05) is 5.88 Å². The van der Waals surface area contributed by atoms with Gasteiger partial charge in [-0.25, -0.2) is 0 Å². The van der Waals surface area contributed by atoms with Crippen LogP contribution in [0, 0.1) is 6.92 Å². The first-order chi connectivity index (χ1) is 20.0. The van der Waals surface area contributed by atoms with Gasteiger partial charge in [-0.1, -0.05) is 95.6 Å². The highest BCUT2D eigenvalue weighted by Crippen LogP contribution is 2.44. The number of rotatable bonds is 13. The molecule has 0 saturated carbocycles. The van der Waals surface area contributed by atoms with E-state index in [9.17, 15) is 0 Å². The lowest BCUT2D eigenvalue weighted by atomic mass is 9.95. The summed E-state index contributed by atoms with van der Waals surface area (Å²) in [5.74, 6) is 4.04. The molecule has 0 amide bonds. The fraction of sp³-hybridized carbons (Fsp3) is 0.263. The molecule has 0 aromatic heterocycles. The molecule has 0 bridgehead atoms. The highest BCUT2D eigenvalue weighted by atomic mass is 35.5. The average Bonchev–Trinajstić information content (AvgIpc) is 2.99. The second kappa shape index (κ2) is 15.3. The van der Waals surface area contributed by atoms with E-state index in [0.29, 0.717) is 5.88 Å². The third-order valence-electron chi connectivity index (χ3n) is 7.34. The summed E-state index contributed by atoms with van der Waals surface area (Å²) >= 11 is 5.89. The van der Waals surface area contributed by atoms with Crippen molar-refractivity contribution in [3.05, 3.63) is 131 Å². The summed E-state index contributed by atoms with van der Waals surface area (Å²) in [7, 11) is 0. The number of ether oxygens (including phenoxy) is 2. The quantitative estimate of drug-likeness (QED) is 0.119. The van der Waals surface area contributed by atoms with Gasteiger partial charge >= 0.3 is 0 Å². The van der Waals surface area contributed by atoms with Gasteiger partial charge in [0, 0.05) is 22.2 Å². The number of para-hydroxylation sites is 2. The molecular formula is C38H41ClO2. The Morgan fingerprint density at radius 2 is 1.07 bits per heavy atom. The van der Waals surface area contributed by atoms with Crippen molar-refractivity contribution in [3.63, 3.8) is 0 Å². The maximum atomic E-state index is 6.61. The summed E-state index contributed by atoms with van der Waals surface area (Å²) in [5.41, 5.74) is 6.29. The molecule has 2 nitrogen and oxygen atoms in total. The van der Waals surface area contributed by atoms with E-state index in [0.717, 1.165) is 77.0 Å². The Kier molecular flexibility index (Phi) is 11.3.